The molecule has 0 aliphatic heterocycles. The zero-order valence-electron chi connectivity index (χ0n) is 8.18. The highest BCUT2D eigenvalue weighted by Crippen LogP contribution is 2.12. The van der Waals surface area contributed by atoms with Crippen LogP contribution in [0, 0.1) is 12.7 Å². The molecule has 2 aromatic heterocycles. The minimum atomic E-state index is -0.466. The topological polar surface area (TPSA) is 50.9 Å². The molecule has 0 saturated carbocycles. The molecular formula is C10H10FN3O. The van der Waals surface area contributed by atoms with Crippen molar-refractivity contribution in [3.05, 3.63) is 41.6 Å². The Labute approximate surface area is 86.0 Å². The summed E-state index contributed by atoms with van der Waals surface area (Å²) in [7, 11) is 0. The Morgan fingerprint density at radius 1 is 1.47 bits per heavy atom. The predicted molar refractivity (Wildman–Crippen MR) is 52.0 cm³/mol. The van der Waals surface area contributed by atoms with E-state index in [0.29, 0.717) is 11.4 Å². The number of aliphatic hydroxyl groups excluding tert-OH is 1. The van der Waals surface area contributed by atoms with Crippen molar-refractivity contribution in [2.24, 2.45) is 0 Å². The average Bonchev–Trinajstić information content (AvgIpc) is 2.64. The fraction of sp³-hybridized carbons (Fsp3) is 0.200. The van der Waals surface area contributed by atoms with Gasteiger partial charge in [0.1, 0.15) is 5.82 Å². The molecule has 0 bridgehead atoms. The van der Waals surface area contributed by atoms with Crippen LogP contribution in [0.1, 0.15) is 11.1 Å². The zero-order chi connectivity index (χ0) is 10.8. The van der Waals surface area contributed by atoms with Crippen LogP contribution >= 0.6 is 0 Å². The summed E-state index contributed by atoms with van der Waals surface area (Å²) in [5.41, 5.74) is 1.39. The number of hydrogen-bond acceptors (Lipinski definition) is 3. The van der Waals surface area contributed by atoms with Gasteiger partial charge in [0.15, 0.2) is 5.82 Å². The second-order valence-corrected chi connectivity index (χ2v) is 3.26. The maximum atomic E-state index is 12.9. The Bertz CT molecular complexity index is 481. The minimum absolute atomic E-state index is 0.265. The molecule has 2 rings (SSSR count). The van der Waals surface area contributed by atoms with Crippen LogP contribution in [-0.2, 0) is 6.61 Å². The van der Waals surface area contributed by atoms with Crippen LogP contribution in [0.25, 0.3) is 5.82 Å². The Morgan fingerprint density at radius 2 is 2.27 bits per heavy atom. The molecule has 4 nitrogen and oxygen atoms in total. The number of aromatic nitrogens is 3. The van der Waals surface area contributed by atoms with Crippen LogP contribution in [0.4, 0.5) is 4.39 Å². The Kier molecular flexibility index (Phi) is 2.47. The number of halogens is 1. The van der Waals surface area contributed by atoms with Crippen LogP contribution in [-0.4, -0.2) is 19.9 Å². The molecule has 2 heterocycles. The van der Waals surface area contributed by atoms with Gasteiger partial charge in [-0.1, -0.05) is 0 Å². The van der Waals surface area contributed by atoms with Crippen molar-refractivity contribution < 1.29 is 9.50 Å². The molecule has 0 atom stereocenters. The average molecular weight is 207 g/mol. The zero-order valence-corrected chi connectivity index (χ0v) is 8.18. The fourth-order valence-electron chi connectivity index (χ4n) is 1.33. The molecule has 0 aliphatic rings. The molecule has 1 N–H and O–H groups in total. The van der Waals surface area contributed by atoms with Gasteiger partial charge < -0.3 is 5.11 Å². The fourth-order valence-corrected chi connectivity index (χ4v) is 1.33. The van der Waals surface area contributed by atoms with E-state index in [0.717, 1.165) is 11.8 Å². The molecule has 0 aliphatic carbocycles. The lowest BCUT2D eigenvalue weighted by Crippen LogP contribution is -2.04. The molecule has 0 aromatic carbocycles. The molecule has 15 heavy (non-hydrogen) atoms. The third kappa shape index (κ3) is 1.87. The maximum Gasteiger partial charge on any atom is 0.158 e. The Balaban J connectivity index is 2.52. The third-order valence-corrected chi connectivity index (χ3v) is 2.01. The quantitative estimate of drug-likeness (QED) is 0.805. The molecule has 0 saturated heterocycles. The highest BCUT2D eigenvalue weighted by molar-refractivity contribution is 5.33. The number of aryl methyl sites for hydroxylation is 1. The van der Waals surface area contributed by atoms with Gasteiger partial charge in [0.05, 0.1) is 19.0 Å². The van der Waals surface area contributed by atoms with Crippen molar-refractivity contribution in [1.82, 2.24) is 14.8 Å². The van der Waals surface area contributed by atoms with Crippen molar-refractivity contribution in [2.75, 3.05) is 0 Å². The molecule has 2 aromatic rings. The van der Waals surface area contributed by atoms with Gasteiger partial charge in [0.2, 0.25) is 0 Å². The van der Waals surface area contributed by atoms with E-state index in [9.17, 15) is 4.39 Å². The first kappa shape index (κ1) is 9.79. The summed E-state index contributed by atoms with van der Waals surface area (Å²) in [6.07, 6.45) is 4.54. The van der Waals surface area contributed by atoms with Crippen LogP contribution < -0.4 is 0 Å². The smallest absolute Gasteiger partial charge is 0.158 e. The third-order valence-electron chi connectivity index (χ3n) is 2.01. The van der Waals surface area contributed by atoms with Crippen LogP contribution in [0.2, 0.25) is 0 Å². The van der Waals surface area contributed by atoms with Gasteiger partial charge in [0.25, 0.3) is 0 Å². The van der Waals surface area contributed by atoms with Gasteiger partial charge in [-0.05, 0) is 18.6 Å². The first-order chi connectivity index (χ1) is 7.20. The second kappa shape index (κ2) is 3.78. The van der Waals surface area contributed by atoms with Gasteiger partial charge >= 0.3 is 0 Å². The van der Waals surface area contributed by atoms with E-state index in [1.807, 2.05) is 6.92 Å². The highest BCUT2D eigenvalue weighted by Gasteiger charge is 2.07. The van der Waals surface area contributed by atoms with Crippen LogP contribution in [0.5, 0.6) is 0 Å². The maximum absolute atomic E-state index is 12.9. The molecular weight excluding hydrogens is 197 g/mol. The van der Waals surface area contributed by atoms with Gasteiger partial charge in [-0.3, -0.25) is 0 Å². The number of aliphatic hydroxyl groups is 1. The predicted octanol–water partition coefficient (Wildman–Crippen LogP) is 1.21. The van der Waals surface area contributed by atoms with Gasteiger partial charge in [-0.25, -0.2) is 14.1 Å². The molecule has 0 fully saturated rings. The van der Waals surface area contributed by atoms with Crippen LogP contribution in [0.3, 0.4) is 0 Å². The summed E-state index contributed by atoms with van der Waals surface area (Å²) < 4.78 is 14.4. The molecule has 0 unspecified atom stereocenters. The lowest BCUT2D eigenvalue weighted by atomic mass is 10.2. The lowest BCUT2D eigenvalue weighted by Gasteiger charge is -2.05. The SMILES string of the molecule is Cc1cnn(-c2ncc(F)cc2CO)c1. The normalized spacial score (nSPS) is 10.6. The summed E-state index contributed by atoms with van der Waals surface area (Å²) in [5, 5.41) is 13.1. The highest BCUT2D eigenvalue weighted by atomic mass is 19.1. The van der Waals surface area contributed by atoms with Crippen LogP contribution in [0.15, 0.2) is 24.7 Å². The van der Waals surface area contributed by atoms with E-state index >= 15 is 0 Å². The van der Waals surface area contributed by atoms with Crippen molar-refractivity contribution in [2.45, 2.75) is 13.5 Å². The largest absolute Gasteiger partial charge is 0.392 e. The van der Waals surface area contributed by atoms with E-state index in [2.05, 4.69) is 10.1 Å². The molecule has 0 spiro atoms. The lowest BCUT2D eigenvalue weighted by molar-refractivity contribution is 0.280. The number of pyridine rings is 1. The van der Waals surface area contributed by atoms with Crippen molar-refractivity contribution >= 4 is 0 Å². The molecule has 5 heteroatoms. The van der Waals surface area contributed by atoms with Crippen molar-refractivity contribution in [3.8, 4) is 5.82 Å². The molecule has 78 valence electrons. The van der Waals surface area contributed by atoms with Gasteiger partial charge in [0, 0.05) is 11.8 Å². The first-order valence-corrected chi connectivity index (χ1v) is 4.47. The summed E-state index contributed by atoms with van der Waals surface area (Å²) in [4.78, 5) is 3.90. The van der Waals surface area contributed by atoms with E-state index in [-0.39, 0.29) is 6.61 Å². The van der Waals surface area contributed by atoms with Gasteiger partial charge in [-0.15, -0.1) is 0 Å². The summed E-state index contributed by atoms with van der Waals surface area (Å²) >= 11 is 0. The van der Waals surface area contributed by atoms with E-state index in [1.165, 1.54) is 10.7 Å². The summed E-state index contributed by atoms with van der Waals surface area (Å²) in [6, 6.07) is 1.25. The van der Waals surface area contributed by atoms with E-state index < -0.39 is 5.82 Å². The molecule has 0 radical (unpaired) electrons. The Hall–Kier alpha value is -1.75. The van der Waals surface area contributed by atoms with Crippen molar-refractivity contribution in [1.29, 1.82) is 0 Å². The minimum Gasteiger partial charge on any atom is -0.392 e. The van der Waals surface area contributed by atoms with E-state index in [4.69, 9.17) is 5.11 Å². The number of hydrogen-bond donors (Lipinski definition) is 1. The summed E-state index contributed by atoms with van der Waals surface area (Å²) in [5.74, 6) is -0.0151. The number of nitrogens with zero attached hydrogens (tertiary/aromatic N) is 3. The van der Waals surface area contributed by atoms with E-state index in [1.54, 1.807) is 12.4 Å². The Morgan fingerprint density at radius 3 is 2.87 bits per heavy atom. The monoisotopic (exact) mass is 207 g/mol. The molecule has 0 amide bonds. The number of rotatable bonds is 2. The van der Waals surface area contributed by atoms with Gasteiger partial charge in [-0.2, -0.15) is 5.10 Å². The second-order valence-electron chi connectivity index (χ2n) is 3.26. The summed E-state index contributed by atoms with van der Waals surface area (Å²) in [6.45, 7) is 1.63. The standard InChI is InChI=1S/C10H10FN3O/c1-7-3-13-14(5-7)10-8(6-15)2-9(11)4-12-10/h2-5,15H,6H2,1H3. The first-order valence-electron chi connectivity index (χ1n) is 4.47. The van der Waals surface area contributed by atoms with Crippen molar-refractivity contribution in [3.63, 3.8) is 0 Å².